The molecule has 0 rings (SSSR count). The van der Waals surface area contributed by atoms with Crippen LogP contribution in [0.15, 0.2) is 0 Å². The van der Waals surface area contributed by atoms with E-state index in [9.17, 15) is 8.42 Å². The maximum absolute atomic E-state index is 9.19. The second-order valence-electron chi connectivity index (χ2n) is 1.82. The lowest BCUT2D eigenvalue weighted by molar-refractivity contribution is 0.203. The molecule has 1 atom stereocenters. The molecular formula is C4H13NO4S. The Labute approximate surface area is 60.6 Å². The molecule has 0 aromatic rings. The third kappa shape index (κ3) is 109. The molecule has 10 heavy (non-hydrogen) atoms. The highest BCUT2D eigenvalue weighted by atomic mass is 32.2. The number of aliphatic hydroxyl groups is 1. The van der Waals surface area contributed by atoms with Crippen LogP contribution in [0.2, 0.25) is 0 Å². The quantitative estimate of drug-likeness (QED) is 0.431. The summed E-state index contributed by atoms with van der Waals surface area (Å²) < 4.78 is 25.9. The van der Waals surface area contributed by atoms with Crippen LogP contribution in [0.4, 0.5) is 0 Å². The minimum absolute atomic E-state index is 0.338. The fraction of sp³-hybridized carbons (Fsp3) is 1.00. The van der Waals surface area contributed by atoms with Crippen molar-refractivity contribution in [2.24, 2.45) is 5.73 Å². The van der Waals surface area contributed by atoms with Crippen LogP contribution >= 0.6 is 0 Å². The highest BCUT2D eigenvalue weighted by Gasteiger charge is 1.82. The molecule has 0 fully saturated rings. The number of hydrogen-bond acceptors (Lipinski definition) is 4. The van der Waals surface area contributed by atoms with E-state index < -0.39 is 10.1 Å². The zero-order valence-electron chi connectivity index (χ0n) is 5.98. The summed E-state index contributed by atoms with van der Waals surface area (Å²) in [7, 11) is -3.67. The van der Waals surface area contributed by atoms with Gasteiger partial charge in [0.1, 0.15) is 0 Å². The monoisotopic (exact) mass is 171 g/mol. The van der Waals surface area contributed by atoms with Gasteiger partial charge < -0.3 is 10.8 Å². The van der Waals surface area contributed by atoms with E-state index in [0.717, 1.165) is 0 Å². The lowest BCUT2D eigenvalue weighted by Gasteiger charge is -1.91. The van der Waals surface area contributed by atoms with Gasteiger partial charge in [-0.1, -0.05) is 0 Å². The molecule has 0 bridgehead atoms. The molecule has 0 aliphatic heterocycles. The van der Waals surface area contributed by atoms with E-state index >= 15 is 0 Å². The van der Waals surface area contributed by atoms with Gasteiger partial charge in [0, 0.05) is 6.54 Å². The summed E-state index contributed by atoms with van der Waals surface area (Å²) in [5.74, 6) is 0. The van der Waals surface area contributed by atoms with Crippen molar-refractivity contribution in [1.82, 2.24) is 0 Å². The topological polar surface area (TPSA) is 101 Å². The van der Waals surface area contributed by atoms with Crippen molar-refractivity contribution in [3.8, 4) is 0 Å². The third-order valence-electron chi connectivity index (χ3n) is 0.341. The van der Waals surface area contributed by atoms with Gasteiger partial charge in [-0.2, -0.15) is 8.42 Å². The fourth-order valence-electron chi connectivity index (χ4n) is 0. The zero-order valence-corrected chi connectivity index (χ0v) is 6.80. The number of rotatable bonds is 1. The SMILES string of the molecule is CC(O)CN.CS(=O)(=O)O. The standard InChI is InChI=1S/C3H9NO.CH4O3S/c1-3(5)2-4;1-5(2,3)4/h3,5H,2,4H2,1H3;1H3,(H,2,3,4). The second-order valence-corrected chi connectivity index (χ2v) is 3.28. The van der Waals surface area contributed by atoms with Crippen LogP contribution in [0.25, 0.3) is 0 Å². The Balaban J connectivity index is 0. The zero-order chi connectivity index (χ0) is 8.78. The van der Waals surface area contributed by atoms with Gasteiger partial charge in [0.25, 0.3) is 10.1 Å². The van der Waals surface area contributed by atoms with Gasteiger partial charge in [0.05, 0.1) is 12.4 Å². The van der Waals surface area contributed by atoms with Gasteiger partial charge in [0.2, 0.25) is 0 Å². The fourth-order valence-corrected chi connectivity index (χ4v) is 0. The molecule has 64 valence electrons. The number of hydrogen-bond donors (Lipinski definition) is 3. The molecule has 0 amide bonds. The maximum Gasteiger partial charge on any atom is 0.261 e. The molecule has 0 heterocycles. The summed E-state index contributed by atoms with van der Waals surface area (Å²) in [4.78, 5) is 0. The van der Waals surface area contributed by atoms with Crippen molar-refractivity contribution in [1.29, 1.82) is 0 Å². The Morgan fingerprint density at radius 3 is 1.70 bits per heavy atom. The molecule has 4 N–H and O–H groups in total. The van der Waals surface area contributed by atoms with Crippen LogP contribution in [0.3, 0.4) is 0 Å². The third-order valence-corrected chi connectivity index (χ3v) is 0.341. The maximum atomic E-state index is 9.19. The van der Waals surface area contributed by atoms with Crippen molar-refractivity contribution in [3.63, 3.8) is 0 Å². The Morgan fingerprint density at radius 1 is 1.60 bits per heavy atom. The smallest absolute Gasteiger partial charge is 0.261 e. The van der Waals surface area contributed by atoms with Crippen LogP contribution in [0, 0.1) is 0 Å². The van der Waals surface area contributed by atoms with Crippen LogP contribution in [0.1, 0.15) is 6.92 Å². The molecular weight excluding hydrogens is 158 g/mol. The molecule has 0 spiro atoms. The predicted octanol–water partition coefficient (Wildman–Crippen LogP) is -1.17. The summed E-state index contributed by atoms with van der Waals surface area (Å²) >= 11 is 0. The van der Waals surface area contributed by atoms with Gasteiger partial charge in [-0.05, 0) is 6.92 Å². The molecule has 0 aromatic carbocycles. The summed E-state index contributed by atoms with van der Waals surface area (Å²) in [5.41, 5.74) is 4.92. The van der Waals surface area contributed by atoms with E-state index in [0.29, 0.717) is 12.8 Å². The Bertz CT molecular complexity index is 143. The average molecular weight is 171 g/mol. The second kappa shape index (κ2) is 5.60. The minimum Gasteiger partial charge on any atom is -0.392 e. The van der Waals surface area contributed by atoms with Crippen LogP contribution in [-0.2, 0) is 10.1 Å². The Hall–Kier alpha value is -0.170. The van der Waals surface area contributed by atoms with E-state index in [1.165, 1.54) is 0 Å². The predicted molar refractivity (Wildman–Crippen MR) is 38.2 cm³/mol. The lowest BCUT2D eigenvalue weighted by Crippen LogP contribution is -2.14. The van der Waals surface area contributed by atoms with Gasteiger partial charge in [-0.3, -0.25) is 4.55 Å². The van der Waals surface area contributed by atoms with E-state index in [4.69, 9.17) is 15.4 Å². The first-order chi connectivity index (χ1) is 4.27. The van der Waals surface area contributed by atoms with Crippen molar-refractivity contribution in [2.75, 3.05) is 12.8 Å². The van der Waals surface area contributed by atoms with Gasteiger partial charge in [-0.25, -0.2) is 0 Å². The van der Waals surface area contributed by atoms with Crippen molar-refractivity contribution in [2.45, 2.75) is 13.0 Å². The first kappa shape index (κ1) is 12.5. The Morgan fingerprint density at radius 2 is 1.70 bits per heavy atom. The Kier molecular flexibility index (Phi) is 7.00. The molecule has 6 heteroatoms. The summed E-state index contributed by atoms with van der Waals surface area (Å²) in [5, 5.41) is 8.24. The van der Waals surface area contributed by atoms with Crippen LogP contribution in [-0.4, -0.2) is 37.0 Å². The van der Waals surface area contributed by atoms with E-state index in [1.807, 2.05) is 0 Å². The van der Waals surface area contributed by atoms with Crippen molar-refractivity contribution in [3.05, 3.63) is 0 Å². The first-order valence-electron chi connectivity index (χ1n) is 2.58. The minimum atomic E-state index is -3.67. The summed E-state index contributed by atoms with van der Waals surface area (Å²) in [6.07, 6.45) is 0.377. The van der Waals surface area contributed by atoms with Gasteiger partial charge in [0.15, 0.2) is 0 Å². The average Bonchev–Trinajstić information content (AvgIpc) is 1.61. The molecule has 0 radical (unpaired) electrons. The highest BCUT2D eigenvalue weighted by Crippen LogP contribution is 1.65. The first-order valence-corrected chi connectivity index (χ1v) is 4.42. The van der Waals surface area contributed by atoms with Gasteiger partial charge in [-0.15, -0.1) is 0 Å². The highest BCUT2D eigenvalue weighted by molar-refractivity contribution is 7.85. The summed E-state index contributed by atoms with van der Waals surface area (Å²) in [6.45, 7) is 2.01. The summed E-state index contributed by atoms with van der Waals surface area (Å²) in [6, 6.07) is 0. The largest absolute Gasteiger partial charge is 0.392 e. The molecule has 0 aliphatic rings. The molecule has 0 saturated carbocycles. The lowest BCUT2D eigenvalue weighted by atomic mass is 10.4. The van der Waals surface area contributed by atoms with E-state index in [1.54, 1.807) is 6.92 Å². The molecule has 5 nitrogen and oxygen atoms in total. The number of nitrogens with two attached hydrogens (primary N) is 1. The normalized spacial score (nSPS) is 13.3. The van der Waals surface area contributed by atoms with Crippen molar-refractivity contribution >= 4 is 10.1 Å². The van der Waals surface area contributed by atoms with E-state index in [-0.39, 0.29) is 6.10 Å². The van der Waals surface area contributed by atoms with Gasteiger partial charge >= 0.3 is 0 Å². The number of aliphatic hydroxyl groups excluding tert-OH is 1. The van der Waals surface area contributed by atoms with Crippen molar-refractivity contribution < 1.29 is 18.1 Å². The van der Waals surface area contributed by atoms with E-state index in [2.05, 4.69) is 0 Å². The van der Waals surface area contributed by atoms with Crippen LogP contribution < -0.4 is 5.73 Å². The molecule has 1 unspecified atom stereocenters. The molecule has 0 saturated heterocycles. The molecule has 0 aliphatic carbocycles. The molecule has 0 aromatic heterocycles. The van der Waals surface area contributed by atoms with Crippen LogP contribution in [0.5, 0.6) is 0 Å².